The molecule has 0 aliphatic heterocycles. The first-order valence-corrected chi connectivity index (χ1v) is 7.25. The maximum atomic E-state index is 3.79. The third-order valence-electron chi connectivity index (χ3n) is 2.76. The summed E-state index contributed by atoms with van der Waals surface area (Å²) < 4.78 is 0. The molecule has 1 aromatic carbocycles. The second-order valence-corrected chi connectivity index (χ2v) is 6.05. The number of thiophene rings is 1. The molecule has 0 fully saturated rings. The first-order chi connectivity index (χ1) is 7.66. The zero-order valence-electron chi connectivity index (χ0n) is 9.53. The van der Waals surface area contributed by atoms with Crippen LogP contribution >= 0.6 is 27.3 Å². The number of benzene rings is 1. The summed E-state index contributed by atoms with van der Waals surface area (Å²) in [5, 5.41) is 4.36. The first-order valence-electron chi connectivity index (χ1n) is 5.39. The average molecular weight is 295 g/mol. The van der Waals surface area contributed by atoms with Gasteiger partial charge >= 0.3 is 0 Å². The molecule has 0 N–H and O–H groups in total. The lowest BCUT2D eigenvalue weighted by molar-refractivity contribution is 0.942. The molecule has 0 aliphatic rings. The van der Waals surface area contributed by atoms with Gasteiger partial charge in [-0.15, -0.1) is 0 Å². The smallest absolute Gasteiger partial charge is 0.0438 e. The molecule has 2 aromatic rings. The molecule has 0 aliphatic carbocycles. The quantitative estimate of drug-likeness (QED) is 0.696. The molecule has 16 heavy (non-hydrogen) atoms. The fraction of sp³-hybridized carbons (Fsp3) is 0.286. The van der Waals surface area contributed by atoms with Crippen molar-refractivity contribution in [1.29, 1.82) is 0 Å². The van der Waals surface area contributed by atoms with E-state index in [1.54, 1.807) is 11.3 Å². The van der Waals surface area contributed by atoms with Crippen molar-refractivity contribution in [2.45, 2.75) is 25.1 Å². The van der Waals surface area contributed by atoms with Crippen molar-refractivity contribution in [2.24, 2.45) is 0 Å². The minimum absolute atomic E-state index is 0.419. The van der Waals surface area contributed by atoms with Crippen LogP contribution in [-0.4, -0.2) is 0 Å². The van der Waals surface area contributed by atoms with Gasteiger partial charge in [-0.3, -0.25) is 0 Å². The van der Waals surface area contributed by atoms with Gasteiger partial charge in [0.1, 0.15) is 0 Å². The van der Waals surface area contributed by atoms with E-state index in [0.29, 0.717) is 4.83 Å². The summed E-state index contributed by atoms with van der Waals surface area (Å²) in [5.74, 6) is 0. The fourth-order valence-corrected chi connectivity index (χ4v) is 3.47. The molecule has 1 heterocycles. The number of rotatable bonds is 3. The predicted octanol–water partition coefficient (Wildman–Crippen LogP) is 5.04. The highest BCUT2D eigenvalue weighted by molar-refractivity contribution is 9.09. The monoisotopic (exact) mass is 294 g/mol. The van der Waals surface area contributed by atoms with E-state index in [1.165, 1.54) is 22.3 Å². The van der Waals surface area contributed by atoms with Crippen LogP contribution in [0.25, 0.3) is 0 Å². The van der Waals surface area contributed by atoms with E-state index >= 15 is 0 Å². The molecule has 2 heteroatoms. The van der Waals surface area contributed by atoms with Crippen LogP contribution < -0.4 is 0 Å². The van der Waals surface area contributed by atoms with Crippen LogP contribution in [0.3, 0.4) is 0 Å². The van der Waals surface area contributed by atoms with Crippen LogP contribution in [0.2, 0.25) is 0 Å². The molecule has 1 atom stereocenters. The van der Waals surface area contributed by atoms with Crippen molar-refractivity contribution in [3.63, 3.8) is 0 Å². The van der Waals surface area contributed by atoms with Gasteiger partial charge in [-0.2, -0.15) is 11.3 Å². The Morgan fingerprint density at radius 1 is 1.25 bits per heavy atom. The van der Waals surface area contributed by atoms with Crippen molar-refractivity contribution in [3.8, 4) is 0 Å². The maximum absolute atomic E-state index is 3.79. The number of halogens is 1. The molecule has 0 nitrogen and oxygen atoms in total. The zero-order valence-corrected chi connectivity index (χ0v) is 11.9. The van der Waals surface area contributed by atoms with Gasteiger partial charge in [0.2, 0.25) is 0 Å². The van der Waals surface area contributed by atoms with Gasteiger partial charge in [-0.25, -0.2) is 0 Å². The van der Waals surface area contributed by atoms with Crippen molar-refractivity contribution in [3.05, 3.63) is 57.3 Å². The molecular formula is C14H15BrS. The molecule has 84 valence electrons. The molecule has 0 saturated carbocycles. The van der Waals surface area contributed by atoms with Gasteiger partial charge in [0.05, 0.1) is 0 Å². The van der Waals surface area contributed by atoms with Crippen LogP contribution in [0, 0.1) is 13.8 Å². The van der Waals surface area contributed by atoms with Gasteiger partial charge in [-0.05, 0) is 53.8 Å². The third-order valence-corrected chi connectivity index (χ3v) is 4.31. The third kappa shape index (κ3) is 2.74. The topological polar surface area (TPSA) is 0 Å². The Morgan fingerprint density at radius 2 is 2.06 bits per heavy atom. The van der Waals surface area contributed by atoms with Gasteiger partial charge in [0, 0.05) is 4.83 Å². The summed E-state index contributed by atoms with van der Waals surface area (Å²) in [7, 11) is 0. The summed E-state index contributed by atoms with van der Waals surface area (Å²) in [6.07, 6.45) is 1.06. The van der Waals surface area contributed by atoms with Crippen LogP contribution in [-0.2, 0) is 6.42 Å². The van der Waals surface area contributed by atoms with E-state index in [9.17, 15) is 0 Å². The highest BCUT2D eigenvalue weighted by atomic mass is 79.9. The van der Waals surface area contributed by atoms with E-state index < -0.39 is 0 Å². The lowest BCUT2D eigenvalue weighted by Gasteiger charge is -2.13. The minimum atomic E-state index is 0.419. The number of aryl methyl sites for hydroxylation is 2. The Kier molecular flexibility index (Phi) is 3.82. The number of alkyl halides is 1. The fourth-order valence-electron chi connectivity index (χ4n) is 1.90. The molecule has 0 amide bonds. The van der Waals surface area contributed by atoms with Crippen molar-refractivity contribution < 1.29 is 0 Å². The second kappa shape index (κ2) is 5.15. The Hall–Kier alpha value is -0.600. The van der Waals surface area contributed by atoms with Gasteiger partial charge in [-0.1, -0.05) is 39.7 Å². The standard InChI is InChI=1S/C14H15BrS/c1-10-3-4-13(11(2)7-10)14(15)8-12-5-6-16-9-12/h3-7,9,14H,8H2,1-2H3. The lowest BCUT2D eigenvalue weighted by atomic mass is 10.00. The van der Waals surface area contributed by atoms with E-state index in [4.69, 9.17) is 0 Å². The van der Waals surface area contributed by atoms with Gasteiger partial charge in [0.25, 0.3) is 0 Å². The molecule has 0 saturated heterocycles. The Labute approximate surface area is 109 Å². The van der Waals surface area contributed by atoms with Crippen LogP contribution in [0.4, 0.5) is 0 Å². The van der Waals surface area contributed by atoms with Crippen LogP contribution in [0.15, 0.2) is 35.0 Å². The maximum Gasteiger partial charge on any atom is 0.0438 e. The number of hydrogen-bond donors (Lipinski definition) is 0. The largest absolute Gasteiger partial charge is 0.152 e. The molecular weight excluding hydrogens is 280 g/mol. The van der Waals surface area contributed by atoms with E-state index in [2.05, 4.69) is 64.8 Å². The highest BCUT2D eigenvalue weighted by Crippen LogP contribution is 2.30. The Morgan fingerprint density at radius 3 is 2.69 bits per heavy atom. The Bertz CT molecular complexity index is 460. The predicted molar refractivity (Wildman–Crippen MR) is 75.6 cm³/mol. The van der Waals surface area contributed by atoms with Crippen molar-refractivity contribution in [2.75, 3.05) is 0 Å². The molecule has 0 radical (unpaired) electrons. The van der Waals surface area contributed by atoms with Gasteiger partial charge in [0.15, 0.2) is 0 Å². The normalized spacial score (nSPS) is 12.7. The van der Waals surface area contributed by atoms with E-state index in [-0.39, 0.29) is 0 Å². The summed E-state index contributed by atoms with van der Waals surface area (Å²) in [6, 6.07) is 8.86. The summed E-state index contributed by atoms with van der Waals surface area (Å²) in [5.41, 5.74) is 5.51. The molecule has 0 bridgehead atoms. The SMILES string of the molecule is Cc1ccc(C(Br)Cc2ccsc2)c(C)c1. The van der Waals surface area contributed by atoms with Crippen LogP contribution in [0.1, 0.15) is 27.1 Å². The first kappa shape index (κ1) is 11.9. The van der Waals surface area contributed by atoms with Crippen molar-refractivity contribution in [1.82, 2.24) is 0 Å². The van der Waals surface area contributed by atoms with E-state index in [0.717, 1.165) is 6.42 Å². The average Bonchev–Trinajstić information content (AvgIpc) is 2.70. The summed E-state index contributed by atoms with van der Waals surface area (Å²) in [6.45, 7) is 4.32. The lowest BCUT2D eigenvalue weighted by Crippen LogP contribution is -1.97. The summed E-state index contributed by atoms with van der Waals surface area (Å²) in [4.78, 5) is 0.419. The molecule has 1 aromatic heterocycles. The van der Waals surface area contributed by atoms with Crippen molar-refractivity contribution >= 4 is 27.3 Å². The minimum Gasteiger partial charge on any atom is -0.152 e. The van der Waals surface area contributed by atoms with Gasteiger partial charge < -0.3 is 0 Å². The molecule has 1 unspecified atom stereocenters. The highest BCUT2D eigenvalue weighted by Gasteiger charge is 2.11. The molecule has 0 spiro atoms. The van der Waals surface area contributed by atoms with E-state index in [1.807, 2.05) is 0 Å². The zero-order chi connectivity index (χ0) is 11.5. The summed E-state index contributed by atoms with van der Waals surface area (Å²) >= 11 is 5.55. The molecule has 2 rings (SSSR count). The van der Waals surface area contributed by atoms with Crippen LogP contribution in [0.5, 0.6) is 0 Å². The second-order valence-electron chi connectivity index (χ2n) is 4.16. The number of hydrogen-bond acceptors (Lipinski definition) is 1. The Balaban J connectivity index is 2.17.